The summed E-state index contributed by atoms with van der Waals surface area (Å²) in [7, 11) is -2.03. The van der Waals surface area contributed by atoms with Crippen LogP contribution in [0.2, 0.25) is 0 Å². The van der Waals surface area contributed by atoms with Crippen molar-refractivity contribution in [1.29, 1.82) is 0 Å². The monoisotopic (exact) mass is 115 g/mol. The van der Waals surface area contributed by atoms with Gasteiger partial charge in [-0.2, -0.15) is 0 Å². The molecule has 1 saturated heterocycles. The lowest BCUT2D eigenvalue weighted by Crippen LogP contribution is -2.42. The van der Waals surface area contributed by atoms with Crippen molar-refractivity contribution in [2.75, 3.05) is 0 Å². The van der Waals surface area contributed by atoms with Gasteiger partial charge in [0.2, 0.25) is 0 Å². The maximum Gasteiger partial charge on any atom is 0.610 e. The van der Waals surface area contributed by atoms with Crippen molar-refractivity contribution in [2.24, 2.45) is 0 Å². The van der Waals surface area contributed by atoms with E-state index in [1.54, 1.807) is 0 Å². The molecule has 0 atom stereocenters. The van der Waals surface area contributed by atoms with Crippen LogP contribution in [0.3, 0.4) is 0 Å². The summed E-state index contributed by atoms with van der Waals surface area (Å²) in [6.45, 7) is 0. The van der Waals surface area contributed by atoms with Gasteiger partial charge in [0.05, 0.1) is 0 Å². The summed E-state index contributed by atoms with van der Waals surface area (Å²) >= 11 is 0. The Morgan fingerprint density at radius 1 is 1.12 bits per heavy atom. The molecule has 5 nitrogen and oxygen atoms in total. The standard InChI is InChI=1S/B3H2O5/c4-2-6-1-7-3(5)8-2/h4-5H. The predicted octanol–water partition coefficient (Wildman–Crippen LogP) is -2.46. The fourth-order valence-electron chi connectivity index (χ4n) is 0.291. The van der Waals surface area contributed by atoms with Gasteiger partial charge in [-0.15, -0.1) is 0 Å². The summed E-state index contributed by atoms with van der Waals surface area (Å²) in [4.78, 5) is 0. The fourth-order valence-corrected chi connectivity index (χ4v) is 0.291. The van der Waals surface area contributed by atoms with Crippen molar-refractivity contribution >= 4 is 22.3 Å². The van der Waals surface area contributed by atoms with Crippen LogP contribution in [0.15, 0.2) is 0 Å². The van der Waals surface area contributed by atoms with Crippen LogP contribution in [0.5, 0.6) is 0 Å². The Morgan fingerprint density at radius 2 is 1.62 bits per heavy atom. The van der Waals surface area contributed by atoms with Gasteiger partial charge in [-0.25, -0.2) is 0 Å². The van der Waals surface area contributed by atoms with E-state index in [1.807, 2.05) is 0 Å². The molecule has 8 heavy (non-hydrogen) atoms. The van der Waals surface area contributed by atoms with E-state index >= 15 is 0 Å². The highest BCUT2D eigenvalue weighted by Gasteiger charge is 2.32. The van der Waals surface area contributed by atoms with E-state index in [4.69, 9.17) is 10.0 Å². The zero-order chi connectivity index (χ0) is 5.98. The minimum atomic E-state index is -1.42. The highest BCUT2D eigenvalue weighted by molar-refractivity contribution is 6.61. The van der Waals surface area contributed by atoms with E-state index in [9.17, 15) is 0 Å². The predicted molar refractivity (Wildman–Crippen MR) is 25.0 cm³/mol. The molecule has 0 saturated carbocycles. The van der Waals surface area contributed by atoms with Crippen molar-refractivity contribution in [1.82, 2.24) is 0 Å². The van der Waals surface area contributed by atoms with Crippen molar-refractivity contribution < 1.29 is 23.8 Å². The van der Waals surface area contributed by atoms with E-state index in [0.717, 1.165) is 7.69 Å². The lowest BCUT2D eigenvalue weighted by molar-refractivity contribution is 0.180. The van der Waals surface area contributed by atoms with Gasteiger partial charge in [-0.3, -0.25) is 0 Å². The second-order valence-corrected chi connectivity index (χ2v) is 1.12. The number of hydrogen-bond acceptors (Lipinski definition) is 5. The summed E-state index contributed by atoms with van der Waals surface area (Å²) in [5.74, 6) is 0. The first-order valence-corrected chi connectivity index (χ1v) is 1.93. The van der Waals surface area contributed by atoms with Crippen LogP contribution >= 0.6 is 0 Å². The van der Waals surface area contributed by atoms with E-state index in [1.165, 1.54) is 0 Å². The summed E-state index contributed by atoms with van der Waals surface area (Å²) in [6.07, 6.45) is 0. The van der Waals surface area contributed by atoms with Gasteiger partial charge in [0, 0.05) is 0 Å². The third-order valence-corrected chi connectivity index (χ3v) is 0.577. The van der Waals surface area contributed by atoms with Crippen LogP contribution in [0.25, 0.3) is 0 Å². The molecule has 0 bridgehead atoms. The Balaban J connectivity index is 2.23. The van der Waals surface area contributed by atoms with Crippen LogP contribution < -0.4 is 0 Å². The third-order valence-electron chi connectivity index (χ3n) is 0.577. The van der Waals surface area contributed by atoms with Gasteiger partial charge < -0.3 is 23.8 Å². The summed E-state index contributed by atoms with van der Waals surface area (Å²) in [5.41, 5.74) is 0. The van der Waals surface area contributed by atoms with Gasteiger partial charge >= 0.3 is 22.3 Å². The Morgan fingerprint density at radius 3 is 1.88 bits per heavy atom. The molecule has 8 heteroatoms. The van der Waals surface area contributed by atoms with E-state index in [0.29, 0.717) is 0 Å². The number of hydrogen-bond donors (Lipinski definition) is 2. The zero-order valence-electron chi connectivity index (χ0n) is 3.85. The van der Waals surface area contributed by atoms with Crippen LogP contribution in [0.1, 0.15) is 0 Å². The molecule has 0 aromatic heterocycles. The molecule has 1 aliphatic heterocycles. The van der Waals surface area contributed by atoms with E-state index in [2.05, 4.69) is 13.7 Å². The molecule has 0 aromatic carbocycles. The SMILES string of the molecule is OB1O[B]OB(O)O1. The second kappa shape index (κ2) is 2.52. The molecular formula is H2B3O5. The molecule has 2 N–H and O–H groups in total. The molecule has 1 fully saturated rings. The summed E-state index contributed by atoms with van der Waals surface area (Å²) in [5, 5.41) is 16.7. The molecule has 0 amide bonds. The first-order valence-electron chi connectivity index (χ1n) is 1.93. The molecule has 0 unspecified atom stereocenters. The molecule has 1 rings (SSSR count). The maximum absolute atomic E-state index is 8.36. The molecule has 0 aliphatic carbocycles. The lowest BCUT2D eigenvalue weighted by atomic mass is 10.0. The molecular weight excluding hydrogens is 112 g/mol. The van der Waals surface area contributed by atoms with Crippen LogP contribution in [0.4, 0.5) is 0 Å². The van der Waals surface area contributed by atoms with Crippen LogP contribution in [-0.2, 0) is 13.7 Å². The highest BCUT2D eigenvalue weighted by atomic mass is 16.8. The smallest absolute Gasteiger partial charge is 0.429 e. The molecule has 1 radical (unpaired) electrons. The van der Waals surface area contributed by atoms with Gasteiger partial charge in [-0.05, 0) is 0 Å². The molecule has 1 heterocycles. The van der Waals surface area contributed by atoms with E-state index in [-0.39, 0.29) is 0 Å². The second-order valence-electron chi connectivity index (χ2n) is 1.12. The average molecular weight is 114 g/mol. The summed E-state index contributed by atoms with van der Waals surface area (Å²) in [6, 6.07) is 0. The average Bonchev–Trinajstić information content (AvgIpc) is 1.64. The minimum Gasteiger partial charge on any atom is -0.429 e. The van der Waals surface area contributed by atoms with Crippen LogP contribution in [0, 0.1) is 0 Å². The Hall–Kier alpha value is -0.00519. The molecule has 0 spiro atoms. The normalized spacial score (nSPS) is 20.8. The topological polar surface area (TPSA) is 68.2 Å². The molecule has 1 aliphatic rings. The first kappa shape index (κ1) is 6.12. The highest BCUT2D eigenvalue weighted by Crippen LogP contribution is 1.94. The summed E-state index contributed by atoms with van der Waals surface area (Å²) < 4.78 is 12.5. The van der Waals surface area contributed by atoms with Gasteiger partial charge in [0.1, 0.15) is 0 Å². The van der Waals surface area contributed by atoms with Gasteiger partial charge in [0.25, 0.3) is 0 Å². The zero-order valence-corrected chi connectivity index (χ0v) is 3.85. The third kappa shape index (κ3) is 1.50. The Bertz CT molecular complexity index is 66.1. The van der Waals surface area contributed by atoms with E-state index < -0.39 is 14.6 Å². The number of rotatable bonds is 0. The quantitative estimate of drug-likeness (QED) is 0.342. The maximum atomic E-state index is 8.36. The Labute approximate surface area is 47.2 Å². The lowest BCUT2D eigenvalue weighted by Gasteiger charge is -2.15. The molecule has 41 valence electrons. The fraction of sp³-hybridized carbons (Fsp3) is 0. The van der Waals surface area contributed by atoms with Crippen molar-refractivity contribution in [3.63, 3.8) is 0 Å². The van der Waals surface area contributed by atoms with Gasteiger partial charge in [0.15, 0.2) is 0 Å². The van der Waals surface area contributed by atoms with Crippen molar-refractivity contribution in [3.05, 3.63) is 0 Å². The largest absolute Gasteiger partial charge is 0.610 e. The van der Waals surface area contributed by atoms with Crippen LogP contribution in [-0.4, -0.2) is 32.4 Å². The van der Waals surface area contributed by atoms with Crippen molar-refractivity contribution in [2.45, 2.75) is 0 Å². The van der Waals surface area contributed by atoms with Crippen molar-refractivity contribution in [3.8, 4) is 0 Å². The molecule has 0 aromatic rings. The van der Waals surface area contributed by atoms with Gasteiger partial charge in [-0.1, -0.05) is 0 Å². The first-order chi connectivity index (χ1) is 3.79. The minimum absolute atomic E-state index is 0.804. The Kier molecular flexibility index (Phi) is 1.92.